The summed E-state index contributed by atoms with van der Waals surface area (Å²) in [5, 5.41) is 74.9. The van der Waals surface area contributed by atoms with Crippen molar-refractivity contribution < 1.29 is 92.4 Å². The van der Waals surface area contributed by atoms with Crippen LogP contribution in [0.25, 0.3) is 66.3 Å². The zero-order valence-electron chi connectivity index (χ0n) is 77.6. The quantitative estimate of drug-likeness (QED) is 0.0150. The van der Waals surface area contributed by atoms with Gasteiger partial charge in [-0.3, -0.25) is 90.8 Å². The molecule has 0 bridgehead atoms. The Hall–Kier alpha value is -12.7. The lowest BCUT2D eigenvalue weighted by Gasteiger charge is -2.24. The normalized spacial score (nSPS) is 27.1. The molecule has 7 saturated heterocycles. The number of rotatable bonds is 27. The summed E-state index contributed by atoms with van der Waals surface area (Å²) in [5.74, 6) is -0.400. The van der Waals surface area contributed by atoms with Crippen LogP contribution in [0.5, 0.6) is 0 Å². The van der Waals surface area contributed by atoms with Gasteiger partial charge in [0.2, 0.25) is 23.8 Å². The third-order valence-corrected chi connectivity index (χ3v) is 23.9. The maximum atomic E-state index is 12.5. The fourth-order valence-electron chi connectivity index (χ4n) is 17.2. The van der Waals surface area contributed by atoms with Gasteiger partial charge in [0, 0.05) is 50.4 Å². The van der Waals surface area contributed by atoms with E-state index in [1.807, 2.05) is 48.5 Å². The van der Waals surface area contributed by atoms with Crippen LogP contribution in [0.3, 0.4) is 0 Å². The molecule has 53 nitrogen and oxygen atoms in total. The largest absolute Gasteiger partial charge is 0.388 e. The van der Waals surface area contributed by atoms with Crippen LogP contribution < -0.4 is 55.2 Å². The molecule has 0 aliphatic carbocycles. The Morgan fingerprint density at radius 3 is 1.20 bits per heavy atom. The van der Waals surface area contributed by atoms with E-state index in [-0.39, 0.29) is 135 Å². The molecule has 0 spiro atoms. The van der Waals surface area contributed by atoms with Gasteiger partial charge in [0.05, 0.1) is 80.3 Å². The number of imide groups is 1. The molecule has 11 aromatic rings. The minimum atomic E-state index is -1.35. The van der Waals surface area contributed by atoms with E-state index in [0.29, 0.717) is 98.2 Å². The van der Waals surface area contributed by atoms with Crippen molar-refractivity contribution in [3.05, 3.63) is 135 Å². The van der Waals surface area contributed by atoms with E-state index in [9.17, 15) is 73.8 Å². The molecule has 18 N–H and O–H groups in total. The van der Waals surface area contributed by atoms with Gasteiger partial charge in [0.25, 0.3) is 39.6 Å². The number of benzene rings is 1. The van der Waals surface area contributed by atoms with E-state index in [4.69, 9.17) is 59.6 Å². The Morgan fingerprint density at radius 2 is 0.812 bits per heavy atom. The van der Waals surface area contributed by atoms with Crippen LogP contribution in [0, 0.1) is 24.7 Å². The molecule has 10 aromatic heterocycles. The molecule has 2 amide bonds. The number of nitrogens with one attached hydrogen (secondary N) is 8. The standard InChI is InChI=1S/C22H21N5O7.C18H27N5O5.C17H26N6O4.C15H23N5O4.C13H16N8O4/c1-10-24-18-15(19(31)25-10)23-9-27(18)22-17(30)16(29)14(34-22)7-6-11(28)8-26-20(32)12-4-2-3-5-13(12)21(26)33;1-4-10(24)5-6-11-13(25)14(26)17(28-11)23-8-20-12-15(23)21-18(22-16(12)27)19-7-9(2)3;1-8(2)6-19-16-21-13-10(14(24)22-16)20-7-23(13)15-12-11(9(5-18)25-15)26-17(3,4)27-12;1-4-8-10(21)11(22)14(24-8)20-6-17-9-12(20)18-15(19-13(9)23)16-5-7(2)3;1-13(2)24-7-5(3-17-20-15)23-11(8(7)25-13)21-4-16-6-9(21)18-12(14)19-10(6)22/h2-5,9,14,16-17,22,29-30H,6-8H2,1H3,(H,24,25,31);8-9,11,13-14,17,25-26H,4-7H2,1-3H3,(H2,19,21,22,27);7-9,11-12,15H,5-6,18H2,1-4H3,(H2,19,21,22,24);6-8,10-11,14,21-22H,4-5H2,1-3H3,(H2,16,18,19,23);4-5,7-8,11H,3H2,1-2H3,(H3,14,18,19,22)/t14-,16+,17?,22-;11-,13+,14?,17-;9-,11+,12?,15-;8-,10+,11?,14-;5-,7+,8?,11-/m11111/s1. The number of aliphatic hydroxyl groups is 6. The first kappa shape index (κ1) is 99.8. The number of H-pyrrole nitrogens is 5. The number of amides is 2. The lowest BCUT2D eigenvalue weighted by molar-refractivity contribution is -0.195. The fraction of sp³-hybridized carbons (Fsp3) is 0.588. The van der Waals surface area contributed by atoms with Gasteiger partial charge in [0.15, 0.2) is 104 Å². The van der Waals surface area contributed by atoms with Crippen LogP contribution in [0.2, 0.25) is 0 Å². The lowest BCUT2D eigenvalue weighted by Crippen LogP contribution is -2.36. The van der Waals surface area contributed by atoms with Crippen molar-refractivity contribution in [3.8, 4) is 0 Å². The van der Waals surface area contributed by atoms with Gasteiger partial charge in [-0.2, -0.15) is 19.9 Å². The smallest absolute Gasteiger partial charge is 0.280 e. The minimum Gasteiger partial charge on any atom is -0.388 e. The third-order valence-electron chi connectivity index (χ3n) is 23.9. The number of Topliss-reactive ketones (excluding diaryl/α,β-unsaturated/α-hetero) is 2. The van der Waals surface area contributed by atoms with Gasteiger partial charge in [-0.25, -0.2) is 29.9 Å². The lowest BCUT2D eigenvalue weighted by atomic mass is 10.0. The predicted octanol–water partition coefficient (Wildman–Crippen LogP) is 1.47. The summed E-state index contributed by atoms with van der Waals surface area (Å²) in [7, 11) is 0. The summed E-state index contributed by atoms with van der Waals surface area (Å²) in [6.45, 7) is 26.8. The summed E-state index contributed by atoms with van der Waals surface area (Å²) in [6, 6.07) is 6.36. The van der Waals surface area contributed by atoms with E-state index in [2.05, 4.69) is 115 Å². The molecule has 5 unspecified atom stereocenters. The average Bonchev–Trinajstić information content (AvgIpc) is 1.58. The number of aromatic nitrogens is 20. The van der Waals surface area contributed by atoms with E-state index in [1.54, 1.807) is 55.3 Å². The molecule has 0 radical (unpaired) electrons. The van der Waals surface area contributed by atoms with E-state index >= 15 is 0 Å². The fourth-order valence-corrected chi connectivity index (χ4v) is 17.2. The maximum Gasteiger partial charge on any atom is 0.280 e. The van der Waals surface area contributed by atoms with Gasteiger partial charge >= 0.3 is 0 Å². The highest BCUT2D eigenvalue weighted by Crippen LogP contribution is 2.46. The maximum absolute atomic E-state index is 12.5. The van der Waals surface area contributed by atoms with Gasteiger partial charge in [-0.15, -0.1) is 0 Å². The van der Waals surface area contributed by atoms with Crippen molar-refractivity contribution >= 4 is 103 Å². The first-order valence-corrected chi connectivity index (χ1v) is 45.2. The van der Waals surface area contributed by atoms with Crippen molar-refractivity contribution in [3.63, 3.8) is 0 Å². The summed E-state index contributed by atoms with van der Waals surface area (Å²) < 4.78 is 60.9. The van der Waals surface area contributed by atoms with Crippen molar-refractivity contribution in [1.82, 2.24) is 102 Å². The van der Waals surface area contributed by atoms with Crippen molar-refractivity contribution in [2.75, 3.05) is 61.0 Å². The number of azide groups is 1. The van der Waals surface area contributed by atoms with E-state index in [1.165, 1.54) is 51.1 Å². The number of aromatic amines is 5. The summed E-state index contributed by atoms with van der Waals surface area (Å²) in [6.07, 6.45) is -6.99. The first-order valence-electron chi connectivity index (χ1n) is 45.2. The molecule has 1 aromatic carbocycles. The monoisotopic (exact) mass is 1920 g/mol. The summed E-state index contributed by atoms with van der Waals surface area (Å²) >= 11 is 0. The summed E-state index contributed by atoms with van der Waals surface area (Å²) in [4.78, 5) is 169. The Labute approximate surface area is 782 Å². The van der Waals surface area contributed by atoms with Crippen molar-refractivity contribution in [2.45, 2.75) is 263 Å². The molecule has 53 heteroatoms. The number of aryl methyl sites for hydroxylation is 1. The van der Waals surface area contributed by atoms with Gasteiger partial charge < -0.3 is 106 Å². The second kappa shape index (κ2) is 41.2. The van der Waals surface area contributed by atoms with E-state index < -0.39 is 144 Å². The van der Waals surface area contributed by atoms with E-state index in [0.717, 1.165) is 4.90 Å². The number of hydrogen-bond acceptors (Lipinski definition) is 40. The van der Waals surface area contributed by atoms with Crippen molar-refractivity contribution in [1.29, 1.82) is 0 Å². The van der Waals surface area contributed by atoms with Crippen LogP contribution in [0.4, 0.5) is 23.8 Å². The zero-order valence-corrected chi connectivity index (χ0v) is 77.6. The molecular formula is C85H113N29O24. The highest BCUT2D eigenvalue weighted by Gasteiger charge is 2.58. The Balaban J connectivity index is 0.000000132. The van der Waals surface area contributed by atoms with Crippen LogP contribution in [-0.2, 0) is 52.2 Å². The second-order valence-corrected chi connectivity index (χ2v) is 36.5. The molecular weight excluding hydrogens is 1810 g/mol. The topological polar surface area (TPSA) is 731 Å². The molecule has 18 heterocycles. The van der Waals surface area contributed by atoms with Crippen LogP contribution in [0.15, 0.2) is 85.0 Å². The van der Waals surface area contributed by atoms with Crippen LogP contribution in [-0.4, -0.2) is 299 Å². The Morgan fingerprint density at radius 1 is 0.471 bits per heavy atom. The number of fused-ring (bicyclic) bond motifs is 8. The number of ketones is 2. The third kappa shape index (κ3) is 20.7. The Kier molecular flexibility index (Phi) is 29.8. The van der Waals surface area contributed by atoms with Crippen LogP contribution in [0.1, 0.15) is 179 Å². The number of carbonyl (C=O) groups is 4. The number of ether oxygens (including phenoxy) is 9. The van der Waals surface area contributed by atoms with Crippen LogP contribution >= 0.6 is 0 Å². The van der Waals surface area contributed by atoms with Crippen molar-refractivity contribution in [2.24, 2.45) is 28.6 Å². The number of carbonyl (C=O) groups excluding carboxylic acids is 4. The van der Waals surface area contributed by atoms with Gasteiger partial charge in [-0.05, 0) is 89.3 Å². The highest BCUT2D eigenvalue weighted by atomic mass is 16.8. The number of hydrogen-bond donors (Lipinski definition) is 16. The number of anilines is 4. The summed E-state index contributed by atoms with van der Waals surface area (Å²) in [5.41, 5.74) is 20.8. The Bertz CT molecular complexity index is 6630. The predicted molar refractivity (Wildman–Crippen MR) is 487 cm³/mol. The average molecular weight is 1930 g/mol. The van der Waals surface area contributed by atoms with Gasteiger partial charge in [0.1, 0.15) is 78.8 Å². The molecule has 7 fully saturated rings. The molecule has 138 heavy (non-hydrogen) atoms. The number of nitrogens with zero attached hydrogens (tertiary/aromatic N) is 19. The minimum absolute atomic E-state index is 0.0247. The number of nitrogens with two attached hydrogens (primary N) is 2. The molecule has 8 aliphatic heterocycles. The highest BCUT2D eigenvalue weighted by molar-refractivity contribution is 6.22. The molecule has 20 atom stereocenters. The molecule has 19 rings (SSSR count). The molecule has 8 aliphatic rings. The molecule has 0 saturated carbocycles. The number of nitrogen functional groups attached to an aromatic ring is 1. The number of imidazole rings is 5. The second-order valence-electron chi connectivity index (χ2n) is 36.5. The molecule has 742 valence electrons. The SMILES string of the molecule is CC(C)CNc1nc2c(ncn2[C@@H]2O[C@H](CN)[C@@H]3OC(C)(C)OC32)c(=O)[nH]1.CC1(C)OC2[C@@H](O1)[C@@H](CN=[N+]=[N-])O[C@H]2n1cnc2c(=O)[nH]c(N)nc21.CCC(=O)CC[C@H]1O[C@@H](n2cnc3c(=O)[nH]c(NCC(C)C)nc32)C(O)[C@H]1O.CC[C@H]1O[C@@H](n2cnc3c(=O)[nH]c(NCC(C)C)nc32)C(O)[C@H]1O.Cc1nc2c(ncn2[C@@H]2O[C@H](CCC(=O)CN3C(=O)c4ccccc4C3=O)[C@H](O)C2O)c(=O)[nH]1. The zero-order chi connectivity index (χ0) is 99.1. The van der Waals surface area contributed by atoms with Gasteiger partial charge in [-0.1, -0.05) is 72.6 Å². The first-order chi connectivity index (χ1) is 65.7. The number of aliphatic hydroxyl groups excluding tert-OH is 6.